The smallest absolute Gasteiger partial charge is 0.300 e. The van der Waals surface area contributed by atoms with E-state index in [4.69, 9.17) is 16.3 Å². The number of nitrogens with zero attached hydrogens (tertiary/aromatic N) is 1. The summed E-state index contributed by atoms with van der Waals surface area (Å²) in [6.45, 7) is 4.40. The zero-order valence-corrected chi connectivity index (χ0v) is 19.2. The monoisotopic (exact) mass is 467 g/mol. The Balaban J connectivity index is 1.88. The van der Waals surface area contributed by atoms with Crippen molar-refractivity contribution >= 4 is 46.1 Å². The molecule has 3 aromatic rings. The molecule has 0 saturated carbocycles. The van der Waals surface area contributed by atoms with E-state index >= 15 is 0 Å². The third kappa shape index (κ3) is 4.04. The molecule has 1 fully saturated rings. The first-order chi connectivity index (χ1) is 15.4. The molecule has 1 aliphatic rings. The topological polar surface area (TPSA) is 66.8 Å². The Kier molecular flexibility index (Phi) is 6.35. The molecule has 2 aromatic carbocycles. The molecule has 1 saturated heterocycles. The number of benzene rings is 2. The van der Waals surface area contributed by atoms with Crippen LogP contribution in [0, 0.1) is 6.92 Å². The molecule has 7 heteroatoms. The molecule has 4 rings (SSSR count). The molecular formula is C25H22ClNO4S. The number of amides is 1. The van der Waals surface area contributed by atoms with E-state index in [2.05, 4.69) is 0 Å². The van der Waals surface area contributed by atoms with Gasteiger partial charge in [0.05, 0.1) is 12.2 Å². The Morgan fingerprint density at radius 2 is 1.97 bits per heavy atom. The summed E-state index contributed by atoms with van der Waals surface area (Å²) in [5.41, 5.74) is 1.80. The number of aliphatic hydroxyl groups excluding tert-OH is 1. The molecule has 164 valence electrons. The first kappa shape index (κ1) is 22.1. The van der Waals surface area contributed by atoms with Crippen LogP contribution >= 0.6 is 22.9 Å². The molecule has 1 atom stereocenters. The lowest BCUT2D eigenvalue weighted by atomic mass is 9.99. The molecule has 1 amide bonds. The first-order valence-electron chi connectivity index (χ1n) is 10.3. The summed E-state index contributed by atoms with van der Waals surface area (Å²) in [6, 6.07) is 15.1. The van der Waals surface area contributed by atoms with Gasteiger partial charge in [-0.15, -0.1) is 11.3 Å². The van der Waals surface area contributed by atoms with E-state index in [0.29, 0.717) is 28.6 Å². The lowest BCUT2D eigenvalue weighted by molar-refractivity contribution is -0.132. The maximum atomic E-state index is 13.2. The van der Waals surface area contributed by atoms with Crippen LogP contribution in [-0.2, 0) is 9.59 Å². The highest BCUT2D eigenvalue weighted by atomic mass is 35.5. The van der Waals surface area contributed by atoms with Crippen LogP contribution in [0.15, 0.2) is 65.6 Å². The molecule has 1 N–H and O–H groups in total. The highest BCUT2D eigenvalue weighted by molar-refractivity contribution is 7.10. The van der Waals surface area contributed by atoms with Crippen LogP contribution < -0.4 is 9.64 Å². The summed E-state index contributed by atoms with van der Waals surface area (Å²) in [5.74, 6) is -1.08. The van der Waals surface area contributed by atoms with E-state index in [-0.39, 0.29) is 11.3 Å². The molecule has 32 heavy (non-hydrogen) atoms. The molecule has 0 spiro atoms. The van der Waals surface area contributed by atoms with E-state index < -0.39 is 17.7 Å². The minimum absolute atomic E-state index is 0.0458. The van der Waals surface area contributed by atoms with Crippen LogP contribution in [0.2, 0.25) is 5.02 Å². The number of halogens is 1. The Bertz CT molecular complexity index is 1200. The normalized spacial score (nSPS) is 17.7. The van der Waals surface area contributed by atoms with E-state index in [1.807, 2.05) is 31.4 Å². The second kappa shape index (κ2) is 9.18. The van der Waals surface area contributed by atoms with Gasteiger partial charge in [0, 0.05) is 21.2 Å². The van der Waals surface area contributed by atoms with Crippen molar-refractivity contribution < 1.29 is 19.4 Å². The van der Waals surface area contributed by atoms with Gasteiger partial charge in [-0.3, -0.25) is 14.5 Å². The molecule has 1 aliphatic heterocycles. The van der Waals surface area contributed by atoms with Crippen molar-refractivity contribution in [1.29, 1.82) is 0 Å². The number of ether oxygens (including phenoxy) is 1. The SMILES string of the molecule is CCCOc1cccc(/C(O)=C2/C(=O)C(=O)N(c3cc(Cl)ccc3C)C2c2cccs2)c1. The van der Waals surface area contributed by atoms with Gasteiger partial charge < -0.3 is 9.84 Å². The molecule has 1 unspecified atom stereocenters. The van der Waals surface area contributed by atoms with Gasteiger partial charge >= 0.3 is 0 Å². The average molecular weight is 468 g/mol. The fourth-order valence-corrected chi connectivity index (χ4v) is 4.74. The van der Waals surface area contributed by atoms with Crippen molar-refractivity contribution in [3.63, 3.8) is 0 Å². The Labute approximate surface area is 195 Å². The molecule has 1 aromatic heterocycles. The second-order valence-electron chi connectivity index (χ2n) is 7.49. The van der Waals surface area contributed by atoms with Crippen LogP contribution in [-0.4, -0.2) is 23.4 Å². The number of aryl methyl sites for hydroxylation is 1. The minimum atomic E-state index is -0.757. The number of thiophene rings is 1. The minimum Gasteiger partial charge on any atom is -0.507 e. The van der Waals surface area contributed by atoms with Crippen LogP contribution in [0.4, 0.5) is 5.69 Å². The highest BCUT2D eigenvalue weighted by Gasteiger charge is 2.47. The van der Waals surface area contributed by atoms with Crippen molar-refractivity contribution in [2.75, 3.05) is 11.5 Å². The first-order valence-corrected chi connectivity index (χ1v) is 11.5. The number of aliphatic hydroxyl groups is 1. The molecule has 5 nitrogen and oxygen atoms in total. The Morgan fingerprint density at radius 3 is 2.69 bits per heavy atom. The van der Waals surface area contributed by atoms with Crippen LogP contribution in [0.1, 0.15) is 35.4 Å². The summed E-state index contributed by atoms with van der Waals surface area (Å²) in [6.07, 6.45) is 0.846. The van der Waals surface area contributed by atoms with Crippen LogP contribution in [0.3, 0.4) is 0 Å². The van der Waals surface area contributed by atoms with E-state index in [1.165, 1.54) is 16.2 Å². The number of hydrogen-bond donors (Lipinski definition) is 1. The largest absolute Gasteiger partial charge is 0.507 e. The number of carbonyl (C=O) groups excluding carboxylic acids is 2. The van der Waals surface area contributed by atoms with Gasteiger partial charge in [-0.2, -0.15) is 0 Å². The van der Waals surface area contributed by atoms with Crippen molar-refractivity contribution in [2.45, 2.75) is 26.3 Å². The number of rotatable bonds is 6. The summed E-state index contributed by atoms with van der Waals surface area (Å²) in [7, 11) is 0. The number of anilines is 1. The molecular weight excluding hydrogens is 446 g/mol. The van der Waals surface area contributed by atoms with E-state index in [1.54, 1.807) is 42.5 Å². The number of ketones is 1. The summed E-state index contributed by atoms with van der Waals surface area (Å²) >= 11 is 7.62. The van der Waals surface area contributed by atoms with Gasteiger partial charge in [0.15, 0.2) is 0 Å². The van der Waals surface area contributed by atoms with Crippen LogP contribution in [0.25, 0.3) is 5.76 Å². The number of Topliss-reactive ketones (excluding diaryl/α,β-unsaturated/α-hetero) is 1. The Hall–Kier alpha value is -3.09. The molecule has 0 radical (unpaired) electrons. The lowest BCUT2D eigenvalue weighted by Gasteiger charge is -2.25. The fraction of sp³-hybridized carbons (Fsp3) is 0.200. The Morgan fingerprint density at radius 1 is 1.16 bits per heavy atom. The molecule has 2 heterocycles. The second-order valence-corrected chi connectivity index (χ2v) is 8.91. The standard InChI is InChI=1S/C25H22ClNO4S/c1-3-11-31-18-7-4-6-16(13-18)23(28)21-22(20-8-5-12-32-20)27(25(30)24(21)29)19-14-17(26)10-9-15(19)2/h4-10,12-14,22,28H,3,11H2,1-2H3/b23-21-. The van der Waals surface area contributed by atoms with E-state index in [9.17, 15) is 14.7 Å². The number of carbonyl (C=O) groups is 2. The van der Waals surface area contributed by atoms with Gasteiger partial charge in [0.25, 0.3) is 11.7 Å². The maximum Gasteiger partial charge on any atom is 0.300 e. The lowest BCUT2D eigenvalue weighted by Crippen LogP contribution is -2.29. The summed E-state index contributed by atoms with van der Waals surface area (Å²) in [4.78, 5) is 28.6. The van der Waals surface area contributed by atoms with Crippen molar-refractivity contribution in [1.82, 2.24) is 0 Å². The van der Waals surface area contributed by atoms with Crippen LogP contribution in [0.5, 0.6) is 5.75 Å². The van der Waals surface area contributed by atoms with Crippen molar-refractivity contribution in [2.24, 2.45) is 0 Å². The van der Waals surface area contributed by atoms with Crippen molar-refractivity contribution in [3.8, 4) is 5.75 Å². The molecule has 0 aliphatic carbocycles. The predicted molar refractivity (Wildman–Crippen MR) is 128 cm³/mol. The third-order valence-electron chi connectivity index (χ3n) is 5.27. The van der Waals surface area contributed by atoms with Gasteiger partial charge in [-0.05, 0) is 54.6 Å². The van der Waals surface area contributed by atoms with E-state index in [0.717, 1.165) is 16.9 Å². The zero-order valence-electron chi connectivity index (χ0n) is 17.7. The average Bonchev–Trinajstić information content (AvgIpc) is 3.41. The van der Waals surface area contributed by atoms with Crippen molar-refractivity contribution in [3.05, 3.63) is 86.6 Å². The quantitative estimate of drug-likeness (QED) is 0.269. The zero-order chi connectivity index (χ0) is 22.8. The summed E-state index contributed by atoms with van der Waals surface area (Å²) in [5, 5.41) is 13.6. The van der Waals surface area contributed by atoms with Gasteiger partial charge in [-0.1, -0.05) is 42.8 Å². The van der Waals surface area contributed by atoms with Gasteiger partial charge in [0.1, 0.15) is 17.6 Å². The number of hydrogen-bond acceptors (Lipinski definition) is 5. The maximum absolute atomic E-state index is 13.2. The van der Waals surface area contributed by atoms with Gasteiger partial charge in [-0.25, -0.2) is 0 Å². The predicted octanol–water partition coefficient (Wildman–Crippen LogP) is 6.13. The fourth-order valence-electron chi connectivity index (χ4n) is 3.75. The summed E-state index contributed by atoms with van der Waals surface area (Å²) < 4.78 is 5.67. The molecule has 0 bridgehead atoms. The van der Waals surface area contributed by atoms with Gasteiger partial charge in [0.2, 0.25) is 0 Å². The highest BCUT2D eigenvalue weighted by Crippen LogP contribution is 2.45. The third-order valence-corrected chi connectivity index (χ3v) is 6.43.